The standard InChI is InChI=1S/C11H16O3/c1-3-4-5-6-9-7-8-10(13-2)11(12)14-9/h4-5,8-9H,3,6-7H2,1-2H3/b5-4-. The van der Waals surface area contributed by atoms with Gasteiger partial charge in [-0.25, -0.2) is 4.79 Å². The van der Waals surface area contributed by atoms with Crippen LogP contribution in [-0.2, 0) is 14.3 Å². The summed E-state index contributed by atoms with van der Waals surface area (Å²) in [6.07, 6.45) is 8.42. The van der Waals surface area contributed by atoms with Crippen molar-refractivity contribution in [3.63, 3.8) is 0 Å². The average Bonchev–Trinajstić information content (AvgIpc) is 2.18. The first kappa shape index (κ1) is 10.8. The van der Waals surface area contributed by atoms with Crippen molar-refractivity contribution in [1.29, 1.82) is 0 Å². The molecule has 0 radical (unpaired) electrons. The number of hydrogen-bond acceptors (Lipinski definition) is 3. The van der Waals surface area contributed by atoms with Gasteiger partial charge in [-0.1, -0.05) is 19.1 Å². The van der Waals surface area contributed by atoms with Crippen molar-refractivity contribution >= 4 is 5.97 Å². The zero-order chi connectivity index (χ0) is 10.4. The third-order valence-electron chi connectivity index (χ3n) is 2.06. The molecule has 3 heteroatoms. The number of esters is 1. The first-order chi connectivity index (χ1) is 6.77. The van der Waals surface area contributed by atoms with Crippen molar-refractivity contribution in [3.05, 3.63) is 24.0 Å². The van der Waals surface area contributed by atoms with Crippen LogP contribution in [-0.4, -0.2) is 19.2 Å². The smallest absolute Gasteiger partial charge is 0.373 e. The molecule has 0 fully saturated rings. The Labute approximate surface area is 84.4 Å². The topological polar surface area (TPSA) is 35.5 Å². The highest BCUT2D eigenvalue weighted by Crippen LogP contribution is 2.17. The van der Waals surface area contributed by atoms with E-state index in [-0.39, 0.29) is 12.1 Å². The van der Waals surface area contributed by atoms with Crippen LogP contribution in [0.15, 0.2) is 24.0 Å². The van der Waals surface area contributed by atoms with Crippen LogP contribution in [0, 0.1) is 0 Å². The molecule has 0 aromatic rings. The minimum Gasteiger partial charge on any atom is -0.490 e. The molecule has 3 nitrogen and oxygen atoms in total. The van der Waals surface area contributed by atoms with Gasteiger partial charge in [-0.15, -0.1) is 0 Å². The second-order valence-electron chi connectivity index (χ2n) is 3.15. The average molecular weight is 196 g/mol. The Balaban J connectivity index is 2.43. The molecule has 0 saturated carbocycles. The molecule has 1 rings (SSSR count). The van der Waals surface area contributed by atoms with E-state index in [4.69, 9.17) is 9.47 Å². The third kappa shape index (κ3) is 2.91. The molecular weight excluding hydrogens is 180 g/mol. The van der Waals surface area contributed by atoms with E-state index in [0.29, 0.717) is 5.76 Å². The van der Waals surface area contributed by atoms with Gasteiger partial charge in [-0.2, -0.15) is 0 Å². The maximum absolute atomic E-state index is 11.2. The fourth-order valence-corrected chi connectivity index (χ4v) is 1.31. The summed E-state index contributed by atoms with van der Waals surface area (Å²) in [4.78, 5) is 11.2. The van der Waals surface area contributed by atoms with Crippen molar-refractivity contribution in [3.8, 4) is 0 Å². The normalized spacial score (nSPS) is 22.0. The zero-order valence-corrected chi connectivity index (χ0v) is 8.66. The van der Waals surface area contributed by atoms with Gasteiger partial charge in [-0.05, 0) is 12.5 Å². The van der Waals surface area contributed by atoms with E-state index in [1.165, 1.54) is 7.11 Å². The Hall–Kier alpha value is -1.25. The maximum atomic E-state index is 11.2. The van der Waals surface area contributed by atoms with Gasteiger partial charge in [0.1, 0.15) is 6.10 Å². The number of allylic oxidation sites excluding steroid dienone is 1. The van der Waals surface area contributed by atoms with Crippen LogP contribution in [0.4, 0.5) is 0 Å². The second kappa shape index (κ2) is 5.47. The van der Waals surface area contributed by atoms with Crippen LogP contribution in [0.5, 0.6) is 0 Å². The summed E-state index contributed by atoms with van der Waals surface area (Å²) >= 11 is 0. The summed E-state index contributed by atoms with van der Waals surface area (Å²) in [5.74, 6) is -0.0330. The zero-order valence-electron chi connectivity index (χ0n) is 8.66. The SMILES string of the molecule is CC/C=C\CC1CC=C(OC)C(=O)O1. The molecule has 14 heavy (non-hydrogen) atoms. The first-order valence-electron chi connectivity index (χ1n) is 4.88. The van der Waals surface area contributed by atoms with Crippen molar-refractivity contribution in [2.24, 2.45) is 0 Å². The number of carbonyl (C=O) groups excluding carboxylic acids is 1. The van der Waals surface area contributed by atoms with Crippen molar-refractivity contribution in [2.45, 2.75) is 32.3 Å². The van der Waals surface area contributed by atoms with Crippen LogP contribution in [0.2, 0.25) is 0 Å². The van der Waals surface area contributed by atoms with Crippen molar-refractivity contribution < 1.29 is 14.3 Å². The highest BCUT2D eigenvalue weighted by molar-refractivity contribution is 5.87. The van der Waals surface area contributed by atoms with Gasteiger partial charge in [-0.3, -0.25) is 0 Å². The molecule has 1 aliphatic rings. The highest BCUT2D eigenvalue weighted by Gasteiger charge is 2.22. The molecule has 0 spiro atoms. The molecule has 0 aliphatic carbocycles. The van der Waals surface area contributed by atoms with Gasteiger partial charge in [0, 0.05) is 12.8 Å². The van der Waals surface area contributed by atoms with Crippen LogP contribution < -0.4 is 0 Å². The Morgan fingerprint density at radius 3 is 3.00 bits per heavy atom. The van der Waals surface area contributed by atoms with E-state index >= 15 is 0 Å². The van der Waals surface area contributed by atoms with E-state index in [2.05, 4.69) is 13.0 Å². The van der Waals surface area contributed by atoms with Gasteiger partial charge in [0.05, 0.1) is 7.11 Å². The summed E-state index contributed by atoms with van der Waals surface area (Å²) in [6.45, 7) is 2.08. The Bertz CT molecular complexity index is 253. The Kier molecular flexibility index (Phi) is 4.23. The molecule has 0 bridgehead atoms. The lowest BCUT2D eigenvalue weighted by Crippen LogP contribution is -2.23. The Morgan fingerprint density at radius 1 is 1.64 bits per heavy atom. The van der Waals surface area contributed by atoms with E-state index in [9.17, 15) is 4.79 Å². The molecule has 0 saturated heterocycles. The monoisotopic (exact) mass is 196 g/mol. The Morgan fingerprint density at radius 2 is 2.43 bits per heavy atom. The number of carbonyl (C=O) groups is 1. The molecule has 0 aromatic carbocycles. The molecule has 0 N–H and O–H groups in total. The summed E-state index contributed by atoms with van der Waals surface area (Å²) < 4.78 is 10.00. The van der Waals surface area contributed by atoms with E-state index in [1.807, 2.05) is 6.08 Å². The van der Waals surface area contributed by atoms with E-state index < -0.39 is 0 Å². The van der Waals surface area contributed by atoms with E-state index in [1.54, 1.807) is 6.08 Å². The molecule has 1 aliphatic heterocycles. The highest BCUT2D eigenvalue weighted by atomic mass is 16.6. The van der Waals surface area contributed by atoms with Gasteiger partial charge in [0.2, 0.25) is 0 Å². The van der Waals surface area contributed by atoms with Gasteiger partial charge < -0.3 is 9.47 Å². The second-order valence-corrected chi connectivity index (χ2v) is 3.15. The lowest BCUT2D eigenvalue weighted by Gasteiger charge is -2.20. The molecule has 78 valence electrons. The fraction of sp³-hybridized carbons (Fsp3) is 0.545. The minimum atomic E-state index is -0.353. The molecular formula is C11H16O3. The molecule has 1 heterocycles. The molecule has 0 amide bonds. The first-order valence-corrected chi connectivity index (χ1v) is 4.88. The van der Waals surface area contributed by atoms with Crippen LogP contribution in [0.3, 0.4) is 0 Å². The molecule has 1 atom stereocenters. The lowest BCUT2D eigenvalue weighted by molar-refractivity contribution is -0.149. The summed E-state index contributed by atoms with van der Waals surface area (Å²) in [5, 5.41) is 0. The lowest BCUT2D eigenvalue weighted by atomic mass is 10.1. The molecule has 1 unspecified atom stereocenters. The number of methoxy groups -OCH3 is 1. The van der Waals surface area contributed by atoms with Crippen LogP contribution in [0.25, 0.3) is 0 Å². The minimum absolute atomic E-state index is 0.0239. The largest absolute Gasteiger partial charge is 0.490 e. The fourth-order valence-electron chi connectivity index (χ4n) is 1.31. The summed E-state index contributed by atoms with van der Waals surface area (Å²) in [6, 6.07) is 0. The summed E-state index contributed by atoms with van der Waals surface area (Å²) in [5.41, 5.74) is 0. The number of ether oxygens (including phenoxy) is 2. The van der Waals surface area contributed by atoms with Gasteiger partial charge in [0.15, 0.2) is 5.76 Å². The van der Waals surface area contributed by atoms with E-state index in [0.717, 1.165) is 19.3 Å². The number of hydrogen-bond donors (Lipinski definition) is 0. The third-order valence-corrected chi connectivity index (χ3v) is 2.06. The van der Waals surface area contributed by atoms with Crippen LogP contribution >= 0.6 is 0 Å². The van der Waals surface area contributed by atoms with Crippen molar-refractivity contribution in [2.75, 3.05) is 7.11 Å². The predicted molar refractivity (Wildman–Crippen MR) is 53.6 cm³/mol. The van der Waals surface area contributed by atoms with Crippen molar-refractivity contribution in [1.82, 2.24) is 0 Å². The molecule has 0 aromatic heterocycles. The number of rotatable bonds is 4. The van der Waals surface area contributed by atoms with Crippen LogP contribution in [0.1, 0.15) is 26.2 Å². The van der Waals surface area contributed by atoms with Gasteiger partial charge in [0.25, 0.3) is 0 Å². The van der Waals surface area contributed by atoms with Gasteiger partial charge >= 0.3 is 5.97 Å². The quantitative estimate of drug-likeness (QED) is 0.510. The number of cyclic esters (lactones) is 1. The summed E-state index contributed by atoms with van der Waals surface area (Å²) in [7, 11) is 1.48. The predicted octanol–water partition coefficient (Wildman–Crippen LogP) is 2.19. The maximum Gasteiger partial charge on any atom is 0.373 e.